The predicted molar refractivity (Wildman–Crippen MR) is 156 cm³/mol. The first-order chi connectivity index (χ1) is 20.4. The molecule has 228 valence electrons. The Kier molecular flexibility index (Phi) is 8.71. The number of nitrogens with zero attached hydrogens (tertiary/aromatic N) is 2. The molecule has 0 radical (unpaired) electrons. The van der Waals surface area contributed by atoms with E-state index in [1.54, 1.807) is 30.3 Å². The molecule has 0 saturated carbocycles. The van der Waals surface area contributed by atoms with Crippen molar-refractivity contribution < 1.29 is 32.0 Å². The van der Waals surface area contributed by atoms with E-state index in [-0.39, 0.29) is 28.7 Å². The first kappa shape index (κ1) is 30.4. The second-order valence-electron chi connectivity index (χ2n) is 12.2. The molecule has 3 aromatic rings. The Balaban J connectivity index is 1.14. The first-order valence-corrected chi connectivity index (χ1v) is 14.2. The number of carbonyl (C=O) groups excluding carboxylic acids is 1. The van der Waals surface area contributed by atoms with E-state index >= 15 is 0 Å². The number of likely N-dealkylation sites (tertiary alicyclic amines) is 1. The number of alkyl halides is 3. The zero-order valence-corrected chi connectivity index (χ0v) is 24.4. The summed E-state index contributed by atoms with van der Waals surface area (Å²) in [5.74, 6) is 6.40. The molecule has 43 heavy (non-hydrogen) atoms. The minimum atomic E-state index is -4.58. The van der Waals surface area contributed by atoms with Gasteiger partial charge in [0.05, 0.1) is 25.4 Å². The molecule has 11 heteroatoms. The van der Waals surface area contributed by atoms with Gasteiger partial charge in [-0.25, -0.2) is 4.79 Å². The van der Waals surface area contributed by atoms with Crippen LogP contribution in [0.3, 0.4) is 0 Å². The number of carbonyl (C=O) groups is 1. The molecule has 3 heterocycles. The van der Waals surface area contributed by atoms with Gasteiger partial charge < -0.3 is 24.2 Å². The molecule has 2 N–H and O–H groups in total. The number of hydrogen-bond acceptors (Lipinski definition) is 6. The highest BCUT2D eigenvalue weighted by molar-refractivity contribution is 5.99. The van der Waals surface area contributed by atoms with Crippen LogP contribution in [-0.4, -0.2) is 55.5 Å². The van der Waals surface area contributed by atoms with Gasteiger partial charge in [-0.3, -0.25) is 5.32 Å². The van der Waals surface area contributed by atoms with E-state index < -0.39 is 17.8 Å². The van der Waals surface area contributed by atoms with E-state index in [9.17, 15) is 18.0 Å². The lowest BCUT2D eigenvalue weighted by atomic mass is 9.85. The Labute approximate surface area is 248 Å². The zero-order valence-electron chi connectivity index (χ0n) is 24.4. The molecule has 2 aliphatic rings. The molecule has 0 aliphatic carbocycles. The summed E-state index contributed by atoms with van der Waals surface area (Å²) in [6, 6.07) is 11.6. The molecule has 0 unspecified atom stereocenters. The molecule has 8 nitrogen and oxygen atoms in total. The normalized spacial score (nSPS) is 16.3. The highest BCUT2D eigenvalue weighted by Crippen LogP contribution is 2.38. The molecule has 2 saturated heterocycles. The van der Waals surface area contributed by atoms with Crippen LogP contribution >= 0.6 is 0 Å². The molecule has 5 rings (SSSR count). The van der Waals surface area contributed by atoms with E-state index in [0.29, 0.717) is 29.2 Å². The monoisotopic (exact) mass is 596 g/mol. The van der Waals surface area contributed by atoms with Gasteiger partial charge >= 0.3 is 12.2 Å². The maximum Gasteiger partial charge on any atom is 0.420 e. The lowest BCUT2D eigenvalue weighted by molar-refractivity contribution is -0.139. The van der Waals surface area contributed by atoms with Crippen LogP contribution in [-0.2, 0) is 16.3 Å². The minimum Gasteiger partial charge on any atom is -0.493 e. The van der Waals surface area contributed by atoms with Crippen molar-refractivity contribution in [2.45, 2.75) is 45.2 Å². The third-order valence-electron chi connectivity index (χ3n) is 7.48. The number of rotatable bonds is 7. The molecule has 2 fully saturated rings. The fourth-order valence-corrected chi connectivity index (χ4v) is 5.02. The van der Waals surface area contributed by atoms with Crippen LogP contribution in [0.25, 0.3) is 0 Å². The molecule has 2 aliphatic heterocycles. The van der Waals surface area contributed by atoms with Gasteiger partial charge in [-0.1, -0.05) is 37.8 Å². The second kappa shape index (κ2) is 12.3. The van der Waals surface area contributed by atoms with E-state index in [4.69, 9.17) is 14.0 Å². The standard InChI is InChI=1S/C32H35F3N4O4/c1-30(2,3)27-18-28(38-43-27)37-29(40)36-24-10-7-22(8-11-24)5-6-23-9-12-26(25(17-23)32(33,34)35)42-16-4-14-39-15-13-31(19-39)20-41-21-31/h7-12,17-18H,4,13-16,19-21H2,1-3H3,(H2,36,37,38,40). The van der Waals surface area contributed by atoms with Gasteiger partial charge in [-0.15, -0.1) is 0 Å². The Hall–Kier alpha value is -4.01. The van der Waals surface area contributed by atoms with Gasteiger partial charge in [0.1, 0.15) is 11.5 Å². The second-order valence-corrected chi connectivity index (χ2v) is 12.2. The summed E-state index contributed by atoms with van der Waals surface area (Å²) >= 11 is 0. The summed E-state index contributed by atoms with van der Waals surface area (Å²) < 4.78 is 57.6. The van der Waals surface area contributed by atoms with Crippen LogP contribution in [0, 0.1) is 17.3 Å². The molecular weight excluding hydrogens is 561 g/mol. The Bertz CT molecular complexity index is 1500. The lowest BCUT2D eigenvalue weighted by Gasteiger charge is -2.37. The van der Waals surface area contributed by atoms with Crippen molar-refractivity contribution in [3.05, 3.63) is 71.0 Å². The number of amides is 2. The lowest BCUT2D eigenvalue weighted by Crippen LogP contribution is -2.44. The van der Waals surface area contributed by atoms with E-state index in [1.165, 1.54) is 12.1 Å². The SMILES string of the molecule is CC(C)(C)c1cc(NC(=O)Nc2ccc(C#Cc3ccc(OCCCN4CCC5(COC5)C4)c(C(F)(F)F)c3)cc2)no1. The molecule has 2 aromatic carbocycles. The fourth-order valence-electron chi connectivity index (χ4n) is 5.02. The number of benzene rings is 2. The summed E-state index contributed by atoms with van der Waals surface area (Å²) in [5.41, 5.74) is 0.486. The largest absolute Gasteiger partial charge is 0.493 e. The number of aromatic nitrogens is 1. The summed E-state index contributed by atoms with van der Waals surface area (Å²) in [5, 5.41) is 9.15. The van der Waals surface area contributed by atoms with Crippen molar-refractivity contribution in [1.29, 1.82) is 0 Å². The molecular formula is C32H35F3N4O4. The highest BCUT2D eigenvalue weighted by Gasteiger charge is 2.44. The quantitative estimate of drug-likeness (QED) is 0.238. The van der Waals surface area contributed by atoms with Crippen LogP contribution in [0.5, 0.6) is 5.75 Å². The number of anilines is 2. The molecule has 0 bridgehead atoms. The maximum atomic E-state index is 13.8. The zero-order chi connectivity index (χ0) is 30.7. The van der Waals surface area contributed by atoms with Crippen molar-refractivity contribution in [2.75, 3.05) is 50.1 Å². The number of hydrogen-bond donors (Lipinski definition) is 2. The van der Waals surface area contributed by atoms with E-state index in [0.717, 1.165) is 45.3 Å². The molecule has 0 atom stereocenters. The Morgan fingerprint density at radius 3 is 2.40 bits per heavy atom. The fraction of sp³-hybridized carbons (Fsp3) is 0.438. The average molecular weight is 597 g/mol. The minimum absolute atomic E-state index is 0.197. The van der Waals surface area contributed by atoms with Crippen molar-refractivity contribution in [3.8, 4) is 17.6 Å². The van der Waals surface area contributed by atoms with Crippen LogP contribution in [0.15, 0.2) is 53.1 Å². The number of nitrogens with one attached hydrogen (secondary N) is 2. The van der Waals surface area contributed by atoms with Crippen molar-refractivity contribution in [2.24, 2.45) is 5.41 Å². The Morgan fingerprint density at radius 1 is 1.05 bits per heavy atom. The summed E-state index contributed by atoms with van der Waals surface area (Å²) in [6.45, 7) is 10.5. The third kappa shape index (κ3) is 7.89. The summed E-state index contributed by atoms with van der Waals surface area (Å²) in [6.07, 6.45) is -2.83. The first-order valence-electron chi connectivity index (χ1n) is 14.2. The summed E-state index contributed by atoms with van der Waals surface area (Å²) in [4.78, 5) is 14.6. The average Bonchev–Trinajstić information content (AvgIpc) is 3.58. The Morgan fingerprint density at radius 2 is 1.77 bits per heavy atom. The van der Waals surface area contributed by atoms with Gasteiger partial charge in [-0.2, -0.15) is 13.2 Å². The highest BCUT2D eigenvalue weighted by atomic mass is 19.4. The summed E-state index contributed by atoms with van der Waals surface area (Å²) in [7, 11) is 0. The van der Waals surface area contributed by atoms with Gasteiger partial charge in [0.15, 0.2) is 5.82 Å². The van der Waals surface area contributed by atoms with Gasteiger partial charge in [0.2, 0.25) is 0 Å². The molecule has 1 spiro atoms. The topological polar surface area (TPSA) is 88.9 Å². The van der Waals surface area contributed by atoms with Gasteiger partial charge in [0, 0.05) is 46.8 Å². The van der Waals surface area contributed by atoms with Crippen molar-refractivity contribution >= 4 is 17.5 Å². The third-order valence-corrected chi connectivity index (χ3v) is 7.48. The van der Waals surface area contributed by atoms with Crippen LogP contribution in [0.2, 0.25) is 0 Å². The smallest absolute Gasteiger partial charge is 0.420 e. The molecule has 1 aromatic heterocycles. The number of halogens is 3. The number of ether oxygens (including phenoxy) is 2. The van der Waals surface area contributed by atoms with Crippen LogP contribution in [0.1, 0.15) is 56.1 Å². The number of urea groups is 1. The van der Waals surface area contributed by atoms with Crippen molar-refractivity contribution in [3.63, 3.8) is 0 Å². The maximum absolute atomic E-state index is 13.8. The molecule has 2 amide bonds. The van der Waals surface area contributed by atoms with Crippen molar-refractivity contribution in [1.82, 2.24) is 10.1 Å². The van der Waals surface area contributed by atoms with E-state index in [1.807, 2.05) is 20.8 Å². The van der Waals surface area contributed by atoms with Gasteiger partial charge in [-0.05, 0) is 61.9 Å². The van der Waals surface area contributed by atoms with Crippen LogP contribution < -0.4 is 15.4 Å². The predicted octanol–water partition coefficient (Wildman–Crippen LogP) is 6.53. The van der Waals surface area contributed by atoms with Crippen LogP contribution in [0.4, 0.5) is 29.5 Å². The van der Waals surface area contributed by atoms with Gasteiger partial charge in [0.25, 0.3) is 0 Å². The van der Waals surface area contributed by atoms with E-state index in [2.05, 4.69) is 32.5 Å².